The van der Waals surface area contributed by atoms with E-state index in [1.165, 1.54) is 49.5 Å². The molecular weight excluding hydrogens is 1460 g/mol. The molecule has 15 N–H and O–H groups in total. The molecule has 3 aliphatic rings. The molecule has 110 heavy (non-hydrogen) atoms. The summed E-state index contributed by atoms with van der Waals surface area (Å²) in [7, 11) is -0.423. The molecule has 0 atom stereocenters. The zero-order valence-corrected chi connectivity index (χ0v) is 63.7. The van der Waals surface area contributed by atoms with E-state index in [1.807, 2.05) is 54.6 Å². The summed E-state index contributed by atoms with van der Waals surface area (Å²) in [5.41, 5.74) is 46.7. The SMILES string of the molecule is CNc1cc(-c2cc(F)cc(F)c2)nc(N)n1.COc1ccc(CCNc2cc(-c3cccc(C)c3C)nc(N)n2)cc1.Cc1cccc(-c2nc(N)nc3c2CCCN3)c1C.Nc1nc2c(c(-c3cccc(Cl)c3Cl)n1)CCCN2.Nc1nc2c(c(-c3cn(S(=O)(=O)c4ccccc4)c4ccccc34)n1)CCCN2. The van der Waals surface area contributed by atoms with Crippen LogP contribution in [0.3, 0.4) is 0 Å². The summed E-state index contributed by atoms with van der Waals surface area (Å²) < 4.78 is 59.3. The Hall–Kier alpha value is -12.3. The topological polar surface area (TPSA) is 367 Å². The lowest BCUT2D eigenvalue weighted by atomic mass is 9.95. The summed E-state index contributed by atoms with van der Waals surface area (Å²) in [6.45, 7) is 11.9. The second-order valence-electron chi connectivity index (χ2n) is 26.1. The van der Waals surface area contributed by atoms with Gasteiger partial charge >= 0.3 is 0 Å². The number of ether oxygens (including phenoxy) is 1. The molecule has 24 nitrogen and oxygen atoms in total. The van der Waals surface area contributed by atoms with Crippen LogP contribution in [0.5, 0.6) is 5.75 Å². The standard InChI is InChI=1S/C21H19N5O2S.C21H24N4O.C15H18N4.C13H12Cl2N4.C11H10F2N4/c22-21-24-19(16-10-6-12-23-20(16)25-21)17-13-26(18-11-5-4-9-15(17)18)29(27,28)14-7-2-1-3-8-14;1-14-5-4-6-18(15(14)2)19-13-20(25-21(22)24-19)23-12-11-16-7-9-17(26-3)10-8-16;1-9-5-3-6-11(10(9)2)13-12-7-4-8-17-14(12)19-15(16)18-13;14-9-5-1-3-7(10(9)15)11-8-4-2-6-17-12(8)19-13(16)18-11;1-15-10-5-9(16-11(14)17-10)6-2-7(12)4-8(13)3-6/h1-5,7-9,11,13H,6,10,12H2,(H3,22,23,24,25);4-10,13H,11-12H2,1-3H3,(H3,22,23,24,25);3,5-6H,4,7-8H2,1-2H3,(H3,16,17,18,19);1,3,5H,2,4,6H2,(H3,16,17,18,19);2-5H,1H3,(H3,14,15,16,17). The minimum Gasteiger partial charge on any atom is -0.497 e. The van der Waals surface area contributed by atoms with Crippen molar-refractivity contribution in [2.24, 2.45) is 0 Å². The first-order valence-electron chi connectivity index (χ1n) is 35.5. The van der Waals surface area contributed by atoms with Crippen LogP contribution in [0.1, 0.15) is 63.8 Å². The minimum absolute atomic E-state index is 0.0384. The number of fused-ring (bicyclic) bond motifs is 4. The Morgan fingerprint density at radius 2 is 0.991 bits per heavy atom. The van der Waals surface area contributed by atoms with Crippen molar-refractivity contribution in [1.29, 1.82) is 0 Å². The van der Waals surface area contributed by atoms with Crippen LogP contribution in [-0.2, 0) is 35.7 Å². The van der Waals surface area contributed by atoms with Gasteiger partial charge in [-0.3, -0.25) is 0 Å². The van der Waals surface area contributed by atoms with Crippen molar-refractivity contribution in [1.82, 2.24) is 53.8 Å². The predicted octanol–water partition coefficient (Wildman–Crippen LogP) is 15.4. The summed E-state index contributed by atoms with van der Waals surface area (Å²) in [6.07, 6.45) is 8.34. The van der Waals surface area contributed by atoms with E-state index in [9.17, 15) is 17.2 Å². The summed E-state index contributed by atoms with van der Waals surface area (Å²) in [5, 5.41) is 17.8. The average Bonchev–Trinajstić information content (AvgIpc) is 1.46. The summed E-state index contributed by atoms with van der Waals surface area (Å²) in [6, 6.07) is 48.6. The van der Waals surface area contributed by atoms with Crippen LogP contribution in [0.4, 0.5) is 67.6 Å². The van der Waals surface area contributed by atoms with Crippen molar-refractivity contribution < 1.29 is 21.9 Å². The highest BCUT2D eigenvalue weighted by Crippen LogP contribution is 2.41. The van der Waals surface area contributed by atoms with Crippen molar-refractivity contribution in [2.45, 2.75) is 77.5 Å². The molecule has 0 saturated heterocycles. The highest BCUT2D eigenvalue weighted by Gasteiger charge is 2.27. The zero-order valence-electron chi connectivity index (χ0n) is 61.4. The van der Waals surface area contributed by atoms with Gasteiger partial charge < -0.3 is 60.0 Å². The van der Waals surface area contributed by atoms with Gasteiger partial charge in [0.1, 0.15) is 46.5 Å². The molecule has 7 aromatic carbocycles. The maximum Gasteiger partial charge on any atom is 0.268 e. The van der Waals surface area contributed by atoms with Crippen LogP contribution >= 0.6 is 23.2 Å². The molecule has 0 unspecified atom stereocenters. The smallest absolute Gasteiger partial charge is 0.268 e. The summed E-state index contributed by atoms with van der Waals surface area (Å²) in [4.78, 5) is 42.9. The number of anilines is 10. The van der Waals surface area contributed by atoms with Crippen LogP contribution in [0.2, 0.25) is 10.0 Å². The van der Waals surface area contributed by atoms with Crippen LogP contribution in [-0.4, -0.2) is 103 Å². The molecule has 0 saturated carbocycles. The molecule has 16 rings (SSSR count). The number of hydrogen-bond acceptors (Lipinski definition) is 23. The number of nitrogens with one attached hydrogen (secondary N) is 5. The van der Waals surface area contributed by atoms with E-state index in [2.05, 4.69) is 147 Å². The first-order chi connectivity index (χ1) is 53.0. The number of nitrogens with zero attached hydrogens (tertiary/aromatic N) is 11. The van der Waals surface area contributed by atoms with E-state index < -0.39 is 21.7 Å². The van der Waals surface area contributed by atoms with Gasteiger partial charge in [0.15, 0.2) is 0 Å². The summed E-state index contributed by atoms with van der Waals surface area (Å²) >= 11 is 12.3. The third kappa shape index (κ3) is 18.1. The van der Waals surface area contributed by atoms with Gasteiger partial charge in [0, 0.05) is 108 Å². The number of rotatable bonds is 13. The molecule has 9 heterocycles. The molecule has 564 valence electrons. The highest BCUT2D eigenvalue weighted by molar-refractivity contribution is 7.90. The molecule has 0 fully saturated rings. The first kappa shape index (κ1) is 77.3. The molecule has 0 spiro atoms. The predicted molar refractivity (Wildman–Crippen MR) is 438 cm³/mol. The third-order valence-electron chi connectivity index (χ3n) is 18.7. The Morgan fingerprint density at radius 3 is 1.56 bits per heavy atom. The average molecular weight is 1540 g/mol. The maximum absolute atomic E-state index is 13.3. The molecule has 13 aromatic rings. The fraction of sp³-hybridized carbons (Fsp3) is 0.210. The van der Waals surface area contributed by atoms with Gasteiger partial charge in [0.05, 0.1) is 56.0 Å². The minimum atomic E-state index is -3.76. The Bertz CT molecular complexity index is 5490. The lowest BCUT2D eigenvalue weighted by Gasteiger charge is -2.21. The van der Waals surface area contributed by atoms with Crippen molar-refractivity contribution in [3.8, 4) is 62.0 Å². The number of aryl methyl sites for hydroxylation is 2. The maximum atomic E-state index is 13.3. The highest BCUT2D eigenvalue weighted by atomic mass is 35.5. The normalized spacial score (nSPS) is 12.5. The molecular formula is C81H83Cl2F2N21O3S. The van der Waals surface area contributed by atoms with E-state index >= 15 is 0 Å². The van der Waals surface area contributed by atoms with Gasteiger partial charge in [-0.15, -0.1) is 0 Å². The second-order valence-corrected chi connectivity index (χ2v) is 28.7. The van der Waals surface area contributed by atoms with Crippen LogP contribution in [0.25, 0.3) is 67.2 Å². The van der Waals surface area contributed by atoms with Gasteiger partial charge in [-0.2, -0.15) is 24.9 Å². The molecule has 0 radical (unpaired) electrons. The third-order valence-corrected chi connectivity index (χ3v) is 21.2. The number of benzene rings is 7. The zero-order chi connectivity index (χ0) is 77.8. The Labute approximate surface area is 646 Å². The number of halogens is 4. The molecule has 6 aromatic heterocycles. The molecule has 0 bridgehead atoms. The van der Waals surface area contributed by atoms with Gasteiger partial charge in [-0.1, -0.05) is 120 Å². The van der Waals surface area contributed by atoms with Gasteiger partial charge in [-0.05, 0) is 149 Å². The quantitative estimate of drug-likeness (QED) is 0.0512. The van der Waals surface area contributed by atoms with E-state index in [4.69, 9.17) is 56.6 Å². The fourth-order valence-corrected chi connectivity index (χ4v) is 14.7. The lowest BCUT2D eigenvalue weighted by molar-refractivity contribution is 0.414. The van der Waals surface area contributed by atoms with Crippen molar-refractivity contribution in [3.63, 3.8) is 0 Å². The molecule has 0 aliphatic carbocycles. The first-order valence-corrected chi connectivity index (χ1v) is 37.7. The monoisotopic (exact) mass is 1540 g/mol. The van der Waals surface area contributed by atoms with Gasteiger partial charge in [-0.25, -0.2) is 46.1 Å². The fourth-order valence-electron chi connectivity index (χ4n) is 13.0. The molecule has 3 aliphatic heterocycles. The molecule has 29 heteroatoms. The Balaban J connectivity index is 0.000000130. The van der Waals surface area contributed by atoms with Gasteiger partial charge in [0.25, 0.3) is 10.0 Å². The number of para-hydroxylation sites is 1. The van der Waals surface area contributed by atoms with Gasteiger partial charge in [0.2, 0.25) is 29.7 Å². The molecule has 0 amide bonds. The number of aromatic nitrogens is 11. The number of nitrogens with two attached hydrogens (primary N) is 5. The van der Waals surface area contributed by atoms with E-state index in [0.717, 1.165) is 162 Å². The summed E-state index contributed by atoms with van der Waals surface area (Å²) in [5.74, 6) is 4.22. The van der Waals surface area contributed by atoms with Crippen LogP contribution in [0, 0.1) is 39.3 Å². The number of hydrogen-bond donors (Lipinski definition) is 10. The van der Waals surface area contributed by atoms with Crippen molar-refractivity contribution in [3.05, 3.63) is 236 Å². The van der Waals surface area contributed by atoms with Crippen LogP contribution in [0.15, 0.2) is 175 Å². The number of methoxy groups -OCH3 is 1. The second kappa shape index (κ2) is 34.7. The largest absolute Gasteiger partial charge is 0.497 e. The van der Waals surface area contributed by atoms with Crippen molar-refractivity contribution >= 4 is 103 Å². The lowest BCUT2D eigenvalue weighted by Crippen LogP contribution is -2.16. The van der Waals surface area contributed by atoms with E-state index in [-0.39, 0.29) is 28.7 Å². The van der Waals surface area contributed by atoms with E-state index in [0.29, 0.717) is 44.3 Å². The van der Waals surface area contributed by atoms with E-state index in [1.54, 1.807) is 68.9 Å². The Morgan fingerprint density at radius 1 is 0.509 bits per heavy atom. The van der Waals surface area contributed by atoms with Crippen LogP contribution < -0.4 is 60.0 Å². The Kier molecular flexibility index (Phi) is 24.4. The number of nitrogen functional groups attached to an aromatic ring is 5. The van der Waals surface area contributed by atoms with Crippen molar-refractivity contribution in [2.75, 3.05) is 95.6 Å².